The van der Waals surface area contributed by atoms with Gasteiger partial charge in [0.2, 0.25) is 0 Å². The lowest BCUT2D eigenvalue weighted by atomic mass is 9.98. The molecule has 0 aliphatic carbocycles. The second-order valence-corrected chi connectivity index (χ2v) is 10.2. The van der Waals surface area contributed by atoms with E-state index in [4.69, 9.17) is 17.3 Å². The minimum absolute atomic E-state index is 0.00555. The summed E-state index contributed by atoms with van der Waals surface area (Å²) in [6.45, 7) is 7.95. The molecule has 10 heteroatoms. The van der Waals surface area contributed by atoms with Gasteiger partial charge in [-0.05, 0) is 43.7 Å². The van der Waals surface area contributed by atoms with Crippen molar-refractivity contribution in [1.29, 1.82) is 5.26 Å². The number of hydrogen-bond donors (Lipinski definition) is 1. The van der Waals surface area contributed by atoms with E-state index in [1.165, 1.54) is 4.90 Å². The van der Waals surface area contributed by atoms with Gasteiger partial charge in [0.05, 0.1) is 11.3 Å². The summed E-state index contributed by atoms with van der Waals surface area (Å²) in [5, 5.41) is 18.7. The van der Waals surface area contributed by atoms with Crippen molar-refractivity contribution in [1.82, 2.24) is 9.47 Å². The molecule has 1 atom stereocenters. The molecule has 176 valence electrons. The number of carboxylic acids is 1. The summed E-state index contributed by atoms with van der Waals surface area (Å²) in [6, 6.07) is 2.05. The van der Waals surface area contributed by atoms with E-state index in [0.29, 0.717) is 32.8 Å². The van der Waals surface area contributed by atoms with E-state index in [1.807, 2.05) is 6.92 Å². The molecule has 1 amide bonds. The molecule has 1 aromatic heterocycles. The zero-order valence-electron chi connectivity index (χ0n) is 19.1. The van der Waals surface area contributed by atoms with Crippen LogP contribution in [0, 0.1) is 24.2 Å². The van der Waals surface area contributed by atoms with Gasteiger partial charge in [-0.2, -0.15) is 5.26 Å². The number of aromatic nitrogens is 1. The Balaban J connectivity index is 2.18. The molecule has 0 saturated carbocycles. The molecule has 0 spiro atoms. The van der Waals surface area contributed by atoms with Gasteiger partial charge < -0.3 is 10.0 Å². The number of piperidine rings is 1. The van der Waals surface area contributed by atoms with Crippen LogP contribution in [0.15, 0.2) is 9.70 Å². The zero-order chi connectivity index (χ0) is 24.3. The molecule has 1 aromatic rings. The maximum Gasteiger partial charge on any atom is 0.305 e. The highest BCUT2D eigenvalue weighted by Gasteiger charge is 2.33. The monoisotopic (exact) mass is 488 g/mol. The second kappa shape index (κ2) is 10.5. The molecule has 1 unspecified atom stereocenters. The number of thioether (sulfide) groups is 1. The van der Waals surface area contributed by atoms with Gasteiger partial charge >= 0.3 is 5.97 Å². The minimum atomic E-state index is -1.00. The Kier molecular flexibility index (Phi) is 7.97. The number of aliphatic carboxylic acids is 1. The van der Waals surface area contributed by atoms with Gasteiger partial charge in [-0.3, -0.25) is 23.9 Å². The fraction of sp³-hybridized carbons (Fsp3) is 0.522. The Bertz CT molecular complexity index is 1120. The van der Waals surface area contributed by atoms with Gasteiger partial charge in [0.1, 0.15) is 21.8 Å². The molecule has 1 N–H and O–H groups in total. The van der Waals surface area contributed by atoms with Gasteiger partial charge in [-0.25, -0.2) is 0 Å². The molecule has 3 rings (SSSR count). The summed E-state index contributed by atoms with van der Waals surface area (Å²) in [7, 11) is 0. The summed E-state index contributed by atoms with van der Waals surface area (Å²) in [5.74, 6) is -0.159. The summed E-state index contributed by atoms with van der Waals surface area (Å²) < 4.78 is 1.97. The average molecular weight is 489 g/mol. The average Bonchev–Trinajstić information content (AvgIpc) is 3.03. The Morgan fingerprint density at radius 3 is 2.70 bits per heavy atom. The Labute approximate surface area is 202 Å². The van der Waals surface area contributed by atoms with Crippen molar-refractivity contribution in [3.05, 3.63) is 31.9 Å². The minimum Gasteiger partial charge on any atom is -0.481 e. The molecule has 2 aliphatic heterocycles. The van der Waals surface area contributed by atoms with Gasteiger partial charge in [0.15, 0.2) is 0 Å². The van der Waals surface area contributed by atoms with Crippen LogP contribution in [0.3, 0.4) is 0 Å². The molecule has 0 radical (unpaired) electrons. The number of anilines is 1. The number of carbonyl (C=O) groups is 2. The van der Waals surface area contributed by atoms with Crippen molar-refractivity contribution in [2.45, 2.75) is 53.0 Å². The maximum atomic E-state index is 13.2. The first-order valence-corrected chi connectivity index (χ1v) is 12.3. The number of pyridine rings is 1. The molecule has 3 heterocycles. The summed E-state index contributed by atoms with van der Waals surface area (Å²) in [5.41, 5.74) is 0.979. The highest BCUT2D eigenvalue weighted by atomic mass is 32.2. The number of rotatable bonds is 7. The third kappa shape index (κ3) is 5.14. The highest BCUT2D eigenvalue weighted by Crippen LogP contribution is 2.36. The third-order valence-corrected chi connectivity index (χ3v) is 7.33. The lowest BCUT2D eigenvalue weighted by Gasteiger charge is -2.36. The van der Waals surface area contributed by atoms with E-state index >= 15 is 0 Å². The van der Waals surface area contributed by atoms with E-state index in [9.17, 15) is 19.6 Å². The van der Waals surface area contributed by atoms with Crippen LogP contribution in [0.1, 0.15) is 56.2 Å². The standard InChI is InChI=1S/C23H28N4O4S2/c1-4-8-26-20(25-9-5-6-14(2)13-25)16(15(3)17(12-24)21(26)30)11-18-22(31)27(23(32)33-18)10-7-19(28)29/h11,14H,4-10,13H2,1-3H3,(H,28,29)/b18-11+. The number of thiocarbonyl (C=S) groups is 1. The third-order valence-electron chi connectivity index (χ3n) is 5.95. The van der Waals surface area contributed by atoms with Crippen molar-refractivity contribution in [2.24, 2.45) is 5.92 Å². The SMILES string of the molecule is CCCn1c(N2CCCC(C)C2)c(/C=C2/SC(=S)N(CCC(=O)O)C2=O)c(C)c(C#N)c1=O. The normalized spacial score (nSPS) is 19.9. The molecule has 2 saturated heterocycles. The fourth-order valence-corrected chi connectivity index (χ4v) is 5.62. The number of hydrogen-bond acceptors (Lipinski definition) is 7. The van der Waals surface area contributed by atoms with Crippen LogP contribution < -0.4 is 10.5 Å². The predicted molar refractivity (Wildman–Crippen MR) is 133 cm³/mol. The Morgan fingerprint density at radius 2 is 2.09 bits per heavy atom. The van der Waals surface area contributed by atoms with Crippen molar-refractivity contribution in [2.75, 3.05) is 24.5 Å². The number of nitriles is 1. The van der Waals surface area contributed by atoms with Gasteiger partial charge in [-0.15, -0.1) is 0 Å². The first-order valence-electron chi connectivity index (χ1n) is 11.1. The zero-order valence-corrected chi connectivity index (χ0v) is 20.7. The van der Waals surface area contributed by atoms with Crippen LogP contribution in [-0.2, 0) is 16.1 Å². The molecular weight excluding hydrogens is 460 g/mol. The number of carbonyl (C=O) groups excluding carboxylic acids is 1. The van der Waals surface area contributed by atoms with E-state index < -0.39 is 5.97 Å². The molecule has 0 bridgehead atoms. The molecule has 2 aliphatic rings. The highest BCUT2D eigenvalue weighted by molar-refractivity contribution is 8.26. The molecule has 2 fully saturated rings. The predicted octanol–water partition coefficient (Wildman–Crippen LogP) is 3.35. The number of carboxylic acid groups (broad SMARTS) is 1. The number of amides is 1. The first-order chi connectivity index (χ1) is 15.7. The number of nitrogens with zero attached hydrogens (tertiary/aromatic N) is 4. The topological polar surface area (TPSA) is 107 Å². The van der Waals surface area contributed by atoms with E-state index in [1.54, 1.807) is 17.6 Å². The van der Waals surface area contributed by atoms with E-state index in [0.717, 1.165) is 49.9 Å². The van der Waals surface area contributed by atoms with Crippen LogP contribution in [0.2, 0.25) is 0 Å². The van der Waals surface area contributed by atoms with Crippen LogP contribution in [0.25, 0.3) is 6.08 Å². The van der Waals surface area contributed by atoms with Gasteiger partial charge in [-0.1, -0.05) is 37.8 Å². The second-order valence-electron chi connectivity index (χ2n) is 8.48. The summed E-state index contributed by atoms with van der Waals surface area (Å²) >= 11 is 6.44. The lowest BCUT2D eigenvalue weighted by Crippen LogP contribution is -2.40. The largest absolute Gasteiger partial charge is 0.481 e. The molecule has 33 heavy (non-hydrogen) atoms. The van der Waals surface area contributed by atoms with E-state index in [-0.39, 0.29) is 30.0 Å². The van der Waals surface area contributed by atoms with Gasteiger partial charge in [0, 0.05) is 31.7 Å². The molecule has 0 aromatic carbocycles. The van der Waals surface area contributed by atoms with Gasteiger partial charge in [0.25, 0.3) is 11.5 Å². The van der Waals surface area contributed by atoms with Crippen LogP contribution >= 0.6 is 24.0 Å². The van der Waals surface area contributed by atoms with Crippen molar-refractivity contribution < 1.29 is 14.7 Å². The Morgan fingerprint density at radius 1 is 1.36 bits per heavy atom. The summed E-state index contributed by atoms with van der Waals surface area (Å²) in [6.07, 6.45) is 4.35. The summed E-state index contributed by atoms with van der Waals surface area (Å²) in [4.78, 5) is 41.0. The Hall–Kier alpha value is -2.64. The molecule has 8 nitrogen and oxygen atoms in total. The van der Waals surface area contributed by atoms with Crippen molar-refractivity contribution in [3.8, 4) is 6.07 Å². The van der Waals surface area contributed by atoms with Crippen LogP contribution in [0.4, 0.5) is 5.82 Å². The smallest absolute Gasteiger partial charge is 0.305 e. The fourth-order valence-electron chi connectivity index (χ4n) is 4.33. The molecular formula is C23H28N4O4S2. The van der Waals surface area contributed by atoms with Crippen LogP contribution in [-0.4, -0.2) is 50.4 Å². The van der Waals surface area contributed by atoms with E-state index in [2.05, 4.69) is 17.9 Å². The van der Waals surface area contributed by atoms with Crippen molar-refractivity contribution in [3.63, 3.8) is 0 Å². The lowest BCUT2D eigenvalue weighted by molar-refractivity contribution is -0.137. The van der Waals surface area contributed by atoms with Crippen LogP contribution in [0.5, 0.6) is 0 Å². The first kappa shape index (κ1) is 25.0. The quantitative estimate of drug-likeness (QED) is 0.460. The maximum absolute atomic E-state index is 13.2. The van der Waals surface area contributed by atoms with Crippen molar-refractivity contribution >= 4 is 52.1 Å².